The Morgan fingerprint density at radius 3 is 2.89 bits per heavy atom. The lowest BCUT2D eigenvalue weighted by Crippen LogP contribution is -2.61. The predicted molar refractivity (Wildman–Crippen MR) is 125 cm³/mol. The first-order valence-corrected chi connectivity index (χ1v) is 12.1. The Morgan fingerprint density at radius 2 is 2.17 bits per heavy atom. The molecule has 2 N–H and O–H groups in total. The molecule has 6 atom stereocenters. The number of nitriles is 1. The molecule has 2 aliphatic heterocycles. The van der Waals surface area contributed by atoms with Gasteiger partial charge in [-0.2, -0.15) is 5.26 Å². The summed E-state index contributed by atoms with van der Waals surface area (Å²) < 4.78 is 6.78. The lowest BCUT2D eigenvalue weighted by molar-refractivity contribution is -0.160. The number of aliphatic hydroxyl groups excluding tert-OH is 1. The largest absolute Gasteiger partial charge is 0.469 e. The zero-order valence-electron chi connectivity index (χ0n) is 19.9. The van der Waals surface area contributed by atoms with E-state index in [1.165, 1.54) is 7.11 Å². The summed E-state index contributed by atoms with van der Waals surface area (Å²) in [6.07, 6.45) is 5.43. The van der Waals surface area contributed by atoms with Gasteiger partial charge in [-0.3, -0.25) is 14.3 Å². The van der Waals surface area contributed by atoms with Gasteiger partial charge in [0.25, 0.3) is 0 Å². The van der Waals surface area contributed by atoms with Crippen molar-refractivity contribution < 1.29 is 19.4 Å². The highest BCUT2D eigenvalue weighted by Gasteiger charge is 2.58. The number of likely N-dealkylation sites (tertiary alicyclic amines) is 1. The second-order valence-corrected chi connectivity index (χ2v) is 9.97. The molecule has 0 unspecified atom stereocenters. The van der Waals surface area contributed by atoms with Gasteiger partial charge in [-0.15, -0.1) is 5.10 Å². The minimum Gasteiger partial charge on any atom is -0.469 e. The number of methoxy groups -OCH3 is 1. The van der Waals surface area contributed by atoms with Gasteiger partial charge in [-0.1, -0.05) is 23.4 Å². The molecule has 10 heteroatoms. The van der Waals surface area contributed by atoms with Crippen LogP contribution in [0.2, 0.25) is 0 Å². The first-order valence-electron chi connectivity index (χ1n) is 12.1. The van der Waals surface area contributed by atoms with Crippen LogP contribution >= 0.6 is 0 Å². The Kier molecular flexibility index (Phi) is 5.97. The van der Waals surface area contributed by atoms with Gasteiger partial charge in [0.15, 0.2) is 6.19 Å². The van der Waals surface area contributed by atoms with Crippen LogP contribution in [0.15, 0.2) is 30.5 Å². The fourth-order valence-corrected chi connectivity index (χ4v) is 6.61. The molecular formula is C25H30N6O4. The summed E-state index contributed by atoms with van der Waals surface area (Å²) in [6.45, 7) is 2.73. The van der Waals surface area contributed by atoms with Gasteiger partial charge >= 0.3 is 5.97 Å². The second kappa shape index (κ2) is 8.96. The van der Waals surface area contributed by atoms with Crippen molar-refractivity contribution in [3.05, 3.63) is 41.7 Å². The molecule has 10 nitrogen and oxygen atoms in total. The summed E-state index contributed by atoms with van der Waals surface area (Å²) in [7, 11) is 1.34. The Balaban J connectivity index is 1.57. The quantitative estimate of drug-likeness (QED) is 0.489. The van der Waals surface area contributed by atoms with E-state index in [1.807, 2.05) is 37.4 Å². The van der Waals surface area contributed by atoms with E-state index in [-0.39, 0.29) is 17.7 Å². The number of ether oxygens (including phenoxy) is 1. The molecule has 5 rings (SSSR count). The molecule has 1 amide bonds. The van der Waals surface area contributed by atoms with Gasteiger partial charge in [0.1, 0.15) is 0 Å². The number of fused-ring (bicyclic) bond motifs is 2. The molecular weight excluding hydrogens is 448 g/mol. The number of aliphatic hydroxyl groups is 1. The molecule has 1 aromatic carbocycles. The van der Waals surface area contributed by atoms with Crippen LogP contribution in [-0.4, -0.2) is 62.7 Å². The van der Waals surface area contributed by atoms with Crippen molar-refractivity contribution in [2.45, 2.75) is 56.7 Å². The monoisotopic (exact) mass is 478 g/mol. The molecule has 1 aromatic heterocycles. The number of hydrogen-bond donors (Lipinski definition) is 2. The number of benzene rings is 1. The molecule has 184 valence electrons. The summed E-state index contributed by atoms with van der Waals surface area (Å²) in [4.78, 5) is 28.2. The number of piperidine rings is 1. The second-order valence-electron chi connectivity index (χ2n) is 9.97. The molecule has 35 heavy (non-hydrogen) atoms. The van der Waals surface area contributed by atoms with Crippen LogP contribution < -0.4 is 5.32 Å². The van der Waals surface area contributed by atoms with E-state index >= 15 is 0 Å². The summed E-state index contributed by atoms with van der Waals surface area (Å²) in [5.74, 6) is -1.39. The van der Waals surface area contributed by atoms with Gasteiger partial charge in [0, 0.05) is 25.0 Å². The summed E-state index contributed by atoms with van der Waals surface area (Å²) >= 11 is 0. The van der Waals surface area contributed by atoms with E-state index in [4.69, 9.17) is 4.74 Å². The van der Waals surface area contributed by atoms with Crippen molar-refractivity contribution >= 4 is 17.6 Å². The molecule has 1 saturated carbocycles. The van der Waals surface area contributed by atoms with E-state index in [9.17, 15) is 20.0 Å². The summed E-state index contributed by atoms with van der Waals surface area (Å²) in [5, 5.41) is 32.2. The fraction of sp³-hybridized carbons (Fsp3) is 0.560. The van der Waals surface area contributed by atoms with Crippen molar-refractivity contribution in [2.75, 3.05) is 19.0 Å². The number of aromatic nitrogens is 3. The Hall–Kier alpha value is -3.45. The number of amides is 1. The summed E-state index contributed by atoms with van der Waals surface area (Å²) in [6, 6.07) is 7.10. The Bertz CT molecular complexity index is 1170. The van der Waals surface area contributed by atoms with Crippen LogP contribution in [-0.2, 0) is 26.3 Å². The third kappa shape index (κ3) is 3.74. The lowest BCUT2D eigenvalue weighted by atomic mass is 9.60. The van der Waals surface area contributed by atoms with Gasteiger partial charge < -0.3 is 20.1 Å². The van der Waals surface area contributed by atoms with Crippen LogP contribution in [0.4, 0.5) is 5.69 Å². The molecule has 0 spiro atoms. The maximum atomic E-state index is 13.8. The minimum atomic E-state index is -1.03. The maximum Gasteiger partial charge on any atom is 0.311 e. The zero-order chi connectivity index (χ0) is 24.7. The SMILES string of the molecule is COC(=O)[C@@H]1[C@H]2C[C@@H]([C@@]3(CCn4cc(C)nn4)C(=O)Nc4ccccc43)N(C#N)C[C@@H]2CC[C@@H]1O. The maximum absolute atomic E-state index is 13.8. The van der Waals surface area contributed by atoms with E-state index < -0.39 is 29.4 Å². The van der Waals surface area contributed by atoms with Crippen molar-refractivity contribution in [3.8, 4) is 6.19 Å². The first-order chi connectivity index (χ1) is 16.9. The highest BCUT2D eigenvalue weighted by atomic mass is 16.5. The molecule has 2 fully saturated rings. The molecule has 0 radical (unpaired) electrons. The molecule has 2 aromatic rings. The third-order valence-electron chi connectivity index (χ3n) is 8.24. The Morgan fingerprint density at radius 1 is 1.37 bits per heavy atom. The van der Waals surface area contributed by atoms with Gasteiger partial charge in [0.2, 0.25) is 5.91 Å². The lowest BCUT2D eigenvalue weighted by Gasteiger charge is -2.52. The minimum absolute atomic E-state index is 0.0631. The van der Waals surface area contributed by atoms with Crippen LogP contribution in [0.25, 0.3) is 0 Å². The number of anilines is 1. The molecule has 1 saturated heterocycles. The predicted octanol–water partition coefficient (Wildman–Crippen LogP) is 1.60. The number of nitrogens with one attached hydrogen (secondary N) is 1. The number of hydrogen-bond acceptors (Lipinski definition) is 8. The van der Waals surface area contributed by atoms with Gasteiger partial charge in [-0.05, 0) is 56.1 Å². The van der Waals surface area contributed by atoms with E-state index in [0.29, 0.717) is 32.4 Å². The molecule has 0 bridgehead atoms. The van der Waals surface area contributed by atoms with Crippen molar-refractivity contribution in [1.82, 2.24) is 19.9 Å². The zero-order valence-corrected chi connectivity index (χ0v) is 19.9. The number of nitrogens with zero attached hydrogens (tertiary/aromatic N) is 5. The van der Waals surface area contributed by atoms with E-state index in [0.717, 1.165) is 23.4 Å². The fourth-order valence-electron chi connectivity index (χ4n) is 6.61. The first kappa shape index (κ1) is 23.3. The number of para-hydroxylation sites is 1. The molecule has 3 heterocycles. The van der Waals surface area contributed by atoms with Crippen molar-refractivity contribution in [2.24, 2.45) is 17.8 Å². The normalized spacial score (nSPS) is 31.8. The third-order valence-corrected chi connectivity index (χ3v) is 8.24. The highest BCUT2D eigenvalue weighted by Crippen LogP contribution is 2.51. The van der Waals surface area contributed by atoms with Crippen LogP contribution in [0, 0.1) is 36.1 Å². The van der Waals surface area contributed by atoms with Crippen molar-refractivity contribution in [3.63, 3.8) is 0 Å². The number of carbonyl (C=O) groups excluding carboxylic acids is 2. The number of esters is 1. The van der Waals surface area contributed by atoms with Crippen LogP contribution in [0.5, 0.6) is 0 Å². The average molecular weight is 479 g/mol. The Labute approximate surface area is 203 Å². The number of aryl methyl sites for hydroxylation is 2. The summed E-state index contributed by atoms with van der Waals surface area (Å²) in [5.41, 5.74) is 1.34. The number of carbonyl (C=O) groups is 2. The van der Waals surface area contributed by atoms with Crippen molar-refractivity contribution in [1.29, 1.82) is 5.26 Å². The van der Waals surface area contributed by atoms with Crippen LogP contribution in [0.3, 0.4) is 0 Å². The smallest absolute Gasteiger partial charge is 0.311 e. The standard InChI is InChI=1S/C25H30N6O4/c1-15-12-31(29-28-15)10-9-25(18-5-3-4-6-19(18)27-24(25)34)21-11-17-16(13-30(21)14-26)7-8-20(32)22(17)23(33)35-2/h3-6,12,16-17,20-22,32H,7-11,13H2,1-2H3,(H,27,34)/t16-,17-,20-,21-,22+,25-/m0/s1. The van der Waals surface area contributed by atoms with E-state index in [1.54, 1.807) is 9.58 Å². The topological polar surface area (TPSA) is 133 Å². The van der Waals surface area contributed by atoms with Gasteiger partial charge in [-0.25, -0.2) is 0 Å². The van der Waals surface area contributed by atoms with Crippen LogP contribution in [0.1, 0.15) is 36.9 Å². The average Bonchev–Trinajstić information content (AvgIpc) is 3.41. The highest BCUT2D eigenvalue weighted by molar-refractivity contribution is 6.07. The van der Waals surface area contributed by atoms with Gasteiger partial charge in [0.05, 0.1) is 36.3 Å². The number of rotatable bonds is 5. The molecule has 3 aliphatic rings. The molecule has 1 aliphatic carbocycles. The van der Waals surface area contributed by atoms with E-state index in [2.05, 4.69) is 21.8 Å².